The lowest BCUT2D eigenvalue weighted by Gasteiger charge is -2.63. The normalized spacial score (nSPS) is 47.1. The maximum atomic E-state index is 10.5. The molecule has 0 radical (unpaired) electrons. The second-order valence-corrected chi connectivity index (χ2v) is 11.9. The molecule has 4 heteroatoms. The molecule has 1 spiro atoms. The first-order chi connectivity index (χ1) is 15.5. The van der Waals surface area contributed by atoms with Gasteiger partial charge in [-0.1, -0.05) is 44.2 Å². The number of benzene rings is 1. The van der Waals surface area contributed by atoms with Crippen LogP contribution in [-0.4, -0.2) is 36.3 Å². The number of hydrogen-bond acceptors (Lipinski definition) is 4. The van der Waals surface area contributed by atoms with Gasteiger partial charge in [-0.2, -0.15) is 0 Å². The van der Waals surface area contributed by atoms with Crippen molar-refractivity contribution < 1.29 is 19.3 Å². The first-order valence-corrected chi connectivity index (χ1v) is 13.1. The van der Waals surface area contributed by atoms with Gasteiger partial charge in [-0.3, -0.25) is 0 Å². The Hall–Kier alpha value is -0.940. The van der Waals surface area contributed by atoms with Crippen molar-refractivity contribution in [2.75, 3.05) is 13.2 Å². The van der Waals surface area contributed by atoms with E-state index < -0.39 is 0 Å². The number of aliphatic hydroxyl groups excluding tert-OH is 1. The van der Waals surface area contributed by atoms with E-state index in [1.54, 1.807) is 0 Å². The molecule has 4 aliphatic carbocycles. The number of rotatable bonds is 3. The summed E-state index contributed by atoms with van der Waals surface area (Å²) in [6, 6.07) is 10.6. The number of ether oxygens (including phenoxy) is 3. The number of fused-ring (bicyclic) bond motifs is 6. The molecule has 5 aliphatic rings. The summed E-state index contributed by atoms with van der Waals surface area (Å²) in [5.41, 5.74) is 1.66. The van der Waals surface area contributed by atoms with Crippen molar-refractivity contribution in [2.24, 2.45) is 34.5 Å². The van der Waals surface area contributed by atoms with Crippen LogP contribution in [0.3, 0.4) is 0 Å². The zero-order chi connectivity index (χ0) is 22.0. The predicted molar refractivity (Wildman–Crippen MR) is 123 cm³/mol. The number of hydrogen-bond donors (Lipinski definition) is 1. The Labute approximate surface area is 193 Å². The van der Waals surface area contributed by atoms with E-state index in [1.807, 2.05) is 0 Å². The standard InChI is InChI=1S/C28H40O4/c1-26-11-8-21(29)16-20(26)17-24(30-18-19-6-4-3-5-7-19)25-22(26)9-12-27(2)23(25)10-13-28(27)31-14-15-32-28/h3-7,20-25,29H,8-18H2,1-2H3/t20?,21-,22?,23?,24-,25?,26-,27-/m0/s1. The maximum absolute atomic E-state index is 10.5. The summed E-state index contributed by atoms with van der Waals surface area (Å²) in [4.78, 5) is 0. The maximum Gasteiger partial charge on any atom is 0.174 e. The molecule has 0 bridgehead atoms. The van der Waals surface area contributed by atoms with Gasteiger partial charge in [0.05, 0.1) is 32.0 Å². The third-order valence-electron chi connectivity index (χ3n) is 10.7. The second kappa shape index (κ2) is 7.80. The van der Waals surface area contributed by atoms with Crippen molar-refractivity contribution in [1.82, 2.24) is 0 Å². The summed E-state index contributed by atoms with van der Waals surface area (Å²) in [6.07, 6.45) is 8.92. The zero-order valence-electron chi connectivity index (χ0n) is 19.8. The summed E-state index contributed by atoms with van der Waals surface area (Å²) in [5.74, 6) is 2.01. The molecule has 0 aromatic heterocycles. The molecule has 1 aromatic carbocycles. The van der Waals surface area contributed by atoms with E-state index in [1.165, 1.54) is 24.8 Å². The predicted octanol–water partition coefficient (Wildman–Crippen LogP) is 5.33. The topological polar surface area (TPSA) is 47.9 Å². The average Bonchev–Trinajstić information content (AvgIpc) is 3.39. The van der Waals surface area contributed by atoms with Gasteiger partial charge in [0.25, 0.3) is 0 Å². The van der Waals surface area contributed by atoms with Crippen LogP contribution in [0.2, 0.25) is 0 Å². The molecular formula is C28H40O4. The number of aliphatic hydroxyl groups is 1. The minimum Gasteiger partial charge on any atom is -0.393 e. The molecule has 32 heavy (non-hydrogen) atoms. The summed E-state index contributed by atoms with van der Waals surface area (Å²) in [6.45, 7) is 7.16. The third-order valence-corrected chi connectivity index (χ3v) is 10.7. The molecule has 4 nitrogen and oxygen atoms in total. The molecule has 1 N–H and O–H groups in total. The van der Waals surface area contributed by atoms with Gasteiger partial charge in [0.2, 0.25) is 0 Å². The van der Waals surface area contributed by atoms with Crippen molar-refractivity contribution in [3.63, 3.8) is 0 Å². The van der Waals surface area contributed by atoms with E-state index in [2.05, 4.69) is 44.2 Å². The molecular weight excluding hydrogens is 400 g/mol. The van der Waals surface area contributed by atoms with Crippen LogP contribution in [0.5, 0.6) is 0 Å². The van der Waals surface area contributed by atoms with Gasteiger partial charge in [-0.15, -0.1) is 0 Å². The fourth-order valence-electron chi connectivity index (χ4n) is 9.01. The van der Waals surface area contributed by atoms with Crippen LogP contribution < -0.4 is 0 Å². The lowest BCUT2D eigenvalue weighted by atomic mass is 9.44. The molecule has 1 heterocycles. The largest absolute Gasteiger partial charge is 0.393 e. The van der Waals surface area contributed by atoms with E-state index in [4.69, 9.17) is 14.2 Å². The van der Waals surface area contributed by atoms with E-state index >= 15 is 0 Å². The fraction of sp³-hybridized carbons (Fsp3) is 0.786. The Morgan fingerprint density at radius 3 is 2.47 bits per heavy atom. The zero-order valence-corrected chi connectivity index (χ0v) is 19.8. The molecule has 4 unspecified atom stereocenters. The molecule has 0 amide bonds. The SMILES string of the molecule is C[C@]12CC[C@H](O)CC1C[C@H](OCc1ccccc1)C1C2CC[C@@]2(C)C1CCC21OCCO1. The highest BCUT2D eigenvalue weighted by Gasteiger charge is 2.68. The lowest BCUT2D eigenvalue weighted by Crippen LogP contribution is -2.61. The quantitative estimate of drug-likeness (QED) is 0.690. The molecule has 4 saturated carbocycles. The first-order valence-electron chi connectivity index (χ1n) is 13.1. The molecule has 1 aliphatic heterocycles. The Morgan fingerprint density at radius 2 is 1.69 bits per heavy atom. The molecule has 1 aromatic rings. The van der Waals surface area contributed by atoms with Crippen molar-refractivity contribution in [1.29, 1.82) is 0 Å². The smallest absolute Gasteiger partial charge is 0.174 e. The van der Waals surface area contributed by atoms with E-state index in [0.29, 0.717) is 35.7 Å². The Morgan fingerprint density at radius 1 is 0.938 bits per heavy atom. The summed E-state index contributed by atoms with van der Waals surface area (Å²) in [7, 11) is 0. The van der Waals surface area contributed by atoms with Gasteiger partial charge >= 0.3 is 0 Å². The van der Waals surface area contributed by atoms with E-state index in [-0.39, 0.29) is 23.4 Å². The summed E-state index contributed by atoms with van der Waals surface area (Å²) >= 11 is 0. The van der Waals surface area contributed by atoms with Crippen molar-refractivity contribution in [2.45, 2.75) is 89.8 Å². The van der Waals surface area contributed by atoms with E-state index in [9.17, 15) is 5.11 Å². The van der Waals surface area contributed by atoms with Crippen LogP contribution in [0, 0.1) is 34.5 Å². The van der Waals surface area contributed by atoms with Crippen LogP contribution in [-0.2, 0) is 20.8 Å². The first kappa shape index (κ1) is 21.6. The van der Waals surface area contributed by atoms with Crippen LogP contribution in [0.4, 0.5) is 0 Å². The minimum absolute atomic E-state index is 0.0798. The minimum atomic E-state index is -0.368. The van der Waals surface area contributed by atoms with Gasteiger partial charge < -0.3 is 19.3 Å². The second-order valence-electron chi connectivity index (χ2n) is 11.9. The van der Waals surface area contributed by atoms with Gasteiger partial charge in [0.15, 0.2) is 5.79 Å². The van der Waals surface area contributed by atoms with Crippen molar-refractivity contribution in [3.8, 4) is 0 Å². The van der Waals surface area contributed by atoms with Gasteiger partial charge in [-0.05, 0) is 79.6 Å². The highest BCUT2D eigenvalue weighted by Crippen LogP contribution is 2.69. The summed E-state index contributed by atoms with van der Waals surface area (Å²) in [5, 5.41) is 10.5. The molecule has 1 saturated heterocycles. The van der Waals surface area contributed by atoms with E-state index in [0.717, 1.165) is 45.3 Å². The molecule has 6 rings (SSSR count). The van der Waals surface area contributed by atoms with Crippen LogP contribution in [0.1, 0.15) is 70.8 Å². The van der Waals surface area contributed by atoms with Gasteiger partial charge in [-0.25, -0.2) is 0 Å². The molecule has 176 valence electrons. The highest BCUT2D eigenvalue weighted by molar-refractivity contribution is 5.16. The van der Waals surface area contributed by atoms with Crippen LogP contribution in [0.15, 0.2) is 30.3 Å². The monoisotopic (exact) mass is 440 g/mol. The summed E-state index contributed by atoms with van der Waals surface area (Å²) < 4.78 is 19.5. The molecule has 5 fully saturated rings. The van der Waals surface area contributed by atoms with Crippen molar-refractivity contribution in [3.05, 3.63) is 35.9 Å². The Bertz CT molecular complexity index is 820. The lowest BCUT2D eigenvalue weighted by molar-refractivity contribution is -0.260. The van der Waals surface area contributed by atoms with Crippen LogP contribution in [0.25, 0.3) is 0 Å². The van der Waals surface area contributed by atoms with Gasteiger partial charge in [0, 0.05) is 11.8 Å². The van der Waals surface area contributed by atoms with Gasteiger partial charge in [0.1, 0.15) is 0 Å². The fourth-order valence-corrected chi connectivity index (χ4v) is 9.01. The van der Waals surface area contributed by atoms with Crippen molar-refractivity contribution >= 4 is 0 Å². The molecule has 8 atom stereocenters. The van der Waals surface area contributed by atoms with Crippen LogP contribution >= 0.6 is 0 Å². The average molecular weight is 441 g/mol. The highest BCUT2D eigenvalue weighted by atomic mass is 16.7. The Kier molecular flexibility index (Phi) is 5.26. The Balaban J connectivity index is 1.33. The third kappa shape index (κ3) is 3.09.